The summed E-state index contributed by atoms with van der Waals surface area (Å²) < 4.78 is 6.10. The minimum Gasteiger partial charge on any atom is -0.411 e. The van der Waals surface area contributed by atoms with E-state index in [9.17, 15) is 24.9 Å². The Morgan fingerprint density at radius 3 is 2.75 bits per heavy atom. The minimum absolute atomic E-state index is 0.635. The second-order valence-corrected chi connectivity index (χ2v) is 4.32. The Labute approximate surface area is 111 Å². The van der Waals surface area contributed by atoms with Gasteiger partial charge in [0, 0.05) is 12.3 Å². The number of ether oxygens (including phenoxy) is 1. The van der Waals surface area contributed by atoms with Gasteiger partial charge in [0.2, 0.25) is 0 Å². The van der Waals surface area contributed by atoms with Gasteiger partial charge in [-0.2, -0.15) is 0 Å². The third kappa shape index (κ3) is 2.14. The van der Waals surface area contributed by atoms with Crippen LogP contribution in [0.3, 0.4) is 0 Å². The first-order valence-electron chi connectivity index (χ1n) is 5.60. The van der Waals surface area contributed by atoms with Crippen LogP contribution in [-0.4, -0.2) is 60.7 Å². The Morgan fingerprint density at radius 1 is 1.50 bits per heavy atom. The summed E-state index contributed by atoms with van der Waals surface area (Å²) in [5, 5.41) is 40.3. The highest BCUT2D eigenvalue weighted by Crippen LogP contribution is 2.35. The summed E-state index contributed by atoms with van der Waals surface area (Å²) in [6.07, 6.45) is -2.78. The molecule has 0 radical (unpaired) electrons. The lowest BCUT2D eigenvalue weighted by atomic mass is 9.97. The average molecular weight is 287 g/mol. The zero-order valence-electron chi connectivity index (χ0n) is 10.1. The lowest BCUT2D eigenvalue weighted by Gasteiger charge is -2.24. The number of oxime groups is 1. The molecule has 1 saturated heterocycles. The van der Waals surface area contributed by atoms with E-state index in [0.29, 0.717) is 0 Å². The van der Waals surface area contributed by atoms with Gasteiger partial charge in [0.1, 0.15) is 12.2 Å². The molecule has 0 unspecified atom stereocenters. The molecule has 0 bridgehead atoms. The molecule has 5 N–H and O–H groups in total. The van der Waals surface area contributed by atoms with Gasteiger partial charge in [-0.15, -0.1) is 0 Å². The van der Waals surface area contributed by atoms with E-state index in [-0.39, 0.29) is 0 Å². The van der Waals surface area contributed by atoms with Gasteiger partial charge in [-0.1, -0.05) is 5.16 Å². The SMILES string of the molecule is O=c1ccn([C@@H]2O[C@](/C=N/O)(CO)[C@@H](O)[C@H]2O)c(=O)[nH]1. The third-order valence-electron chi connectivity index (χ3n) is 3.11. The summed E-state index contributed by atoms with van der Waals surface area (Å²) in [7, 11) is 0. The summed E-state index contributed by atoms with van der Waals surface area (Å²) in [5.74, 6) is 0. The summed E-state index contributed by atoms with van der Waals surface area (Å²) in [6, 6.07) is 1.03. The van der Waals surface area contributed by atoms with Crippen LogP contribution in [0.15, 0.2) is 27.0 Å². The number of hydrogen-bond donors (Lipinski definition) is 5. The molecule has 10 nitrogen and oxygen atoms in total. The van der Waals surface area contributed by atoms with Crippen molar-refractivity contribution in [3.63, 3.8) is 0 Å². The number of H-pyrrole nitrogens is 1. The van der Waals surface area contributed by atoms with Gasteiger partial charge in [0.25, 0.3) is 5.56 Å². The standard InChI is InChI=1S/C10H13N3O7/c14-4-10(3-11-19)7(17)6(16)8(20-10)13-2-1-5(15)12-9(13)18/h1-3,6-8,14,16-17,19H,4H2,(H,12,15,18)/b11-3+/t6-,7+,8-,10-/m1/s1. The summed E-state index contributed by atoms with van der Waals surface area (Å²) in [4.78, 5) is 24.6. The highest BCUT2D eigenvalue weighted by Gasteiger charge is 2.54. The Balaban J connectivity index is 2.45. The molecule has 0 aromatic carbocycles. The quantitative estimate of drug-likeness (QED) is 0.225. The maximum atomic E-state index is 11.6. The van der Waals surface area contributed by atoms with Crippen LogP contribution in [0.5, 0.6) is 0 Å². The molecule has 0 saturated carbocycles. The first kappa shape index (κ1) is 14.4. The zero-order valence-corrected chi connectivity index (χ0v) is 10.1. The molecular weight excluding hydrogens is 274 g/mol. The molecule has 2 rings (SSSR count). The van der Waals surface area contributed by atoms with Crippen LogP contribution in [0.25, 0.3) is 0 Å². The van der Waals surface area contributed by atoms with Crippen molar-refractivity contribution in [2.75, 3.05) is 6.61 Å². The van der Waals surface area contributed by atoms with Crippen LogP contribution in [0.4, 0.5) is 0 Å². The van der Waals surface area contributed by atoms with Gasteiger partial charge in [0.05, 0.1) is 12.8 Å². The van der Waals surface area contributed by atoms with E-state index >= 15 is 0 Å². The number of aliphatic hydroxyl groups is 3. The molecule has 0 aliphatic carbocycles. The van der Waals surface area contributed by atoms with E-state index in [1.807, 2.05) is 4.98 Å². The number of nitrogens with zero attached hydrogens (tertiary/aromatic N) is 2. The number of hydrogen-bond acceptors (Lipinski definition) is 8. The maximum Gasteiger partial charge on any atom is 0.330 e. The molecule has 1 aliphatic rings. The van der Waals surface area contributed by atoms with Gasteiger partial charge in [-0.3, -0.25) is 14.3 Å². The summed E-state index contributed by atoms with van der Waals surface area (Å²) >= 11 is 0. The summed E-state index contributed by atoms with van der Waals surface area (Å²) in [6.45, 7) is -0.788. The second kappa shape index (κ2) is 5.17. The van der Waals surface area contributed by atoms with Crippen molar-refractivity contribution >= 4 is 6.21 Å². The lowest BCUT2D eigenvalue weighted by Crippen LogP contribution is -2.47. The molecule has 1 aromatic heterocycles. The van der Waals surface area contributed by atoms with Crippen LogP contribution in [0.1, 0.15) is 6.23 Å². The van der Waals surface area contributed by atoms with Crippen molar-refractivity contribution in [3.8, 4) is 0 Å². The topological polar surface area (TPSA) is 157 Å². The van der Waals surface area contributed by atoms with Gasteiger partial charge in [-0.05, 0) is 0 Å². The summed E-state index contributed by atoms with van der Waals surface area (Å²) in [5.41, 5.74) is -3.35. The highest BCUT2D eigenvalue weighted by molar-refractivity contribution is 5.70. The van der Waals surface area contributed by atoms with Crippen LogP contribution < -0.4 is 11.2 Å². The molecule has 2 heterocycles. The number of aromatic nitrogens is 2. The predicted octanol–water partition coefficient (Wildman–Crippen LogP) is -3.02. The minimum atomic E-state index is -1.85. The number of aromatic amines is 1. The van der Waals surface area contributed by atoms with Crippen molar-refractivity contribution in [1.29, 1.82) is 0 Å². The van der Waals surface area contributed by atoms with E-state index in [2.05, 4.69) is 5.16 Å². The van der Waals surface area contributed by atoms with Crippen LogP contribution in [-0.2, 0) is 4.74 Å². The van der Waals surface area contributed by atoms with Crippen molar-refractivity contribution in [2.24, 2.45) is 5.16 Å². The van der Waals surface area contributed by atoms with E-state index < -0.39 is 41.9 Å². The number of rotatable bonds is 3. The number of nitrogens with one attached hydrogen (secondary N) is 1. The van der Waals surface area contributed by atoms with Crippen LogP contribution in [0, 0.1) is 0 Å². The molecule has 1 aromatic rings. The molecule has 4 atom stereocenters. The lowest BCUT2D eigenvalue weighted by molar-refractivity contribution is -0.0857. The zero-order chi connectivity index (χ0) is 14.9. The molecule has 10 heteroatoms. The Bertz CT molecular complexity index is 624. The van der Waals surface area contributed by atoms with Crippen LogP contribution in [0.2, 0.25) is 0 Å². The largest absolute Gasteiger partial charge is 0.411 e. The van der Waals surface area contributed by atoms with Crippen molar-refractivity contribution in [1.82, 2.24) is 9.55 Å². The Morgan fingerprint density at radius 2 is 2.20 bits per heavy atom. The fraction of sp³-hybridized carbons (Fsp3) is 0.500. The van der Waals surface area contributed by atoms with Gasteiger partial charge in [-0.25, -0.2) is 4.79 Å². The van der Waals surface area contributed by atoms with Crippen molar-refractivity contribution in [3.05, 3.63) is 33.1 Å². The van der Waals surface area contributed by atoms with Gasteiger partial charge < -0.3 is 25.3 Å². The third-order valence-corrected chi connectivity index (χ3v) is 3.11. The molecule has 1 aliphatic heterocycles. The first-order chi connectivity index (χ1) is 9.45. The van der Waals surface area contributed by atoms with Gasteiger partial charge in [0.15, 0.2) is 11.8 Å². The maximum absolute atomic E-state index is 11.6. The van der Waals surface area contributed by atoms with E-state index in [1.54, 1.807) is 0 Å². The predicted molar refractivity (Wildman–Crippen MR) is 63.6 cm³/mol. The Hall–Kier alpha value is -2.01. The fourth-order valence-electron chi connectivity index (χ4n) is 2.03. The fourth-order valence-corrected chi connectivity index (χ4v) is 2.03. The highest BCUT2D eigenvalue weighted by atomic mass is 16.6. The van der Waals surface area contributed by atoms with Crippen LogP contribution >= 0.6 is 0 Å². The molecule has 0 spiro atoms. The van der Waals surface area contributed by atoms with Gasteiger partial charge >= 0.3 is 5.69 Å². The molecule has 0 amide bonds. The normalized spacial score (nSPS) is 33.9. The molecular formula is C10H13N3O7. The van der Waals surface area contributed by atoms with Crippen molar-refractivity contribution < 1.29 is 25.3 Å². The smallest absolute Gasteiger partial charge is 0.330 e. The van der Waals surface area contributed by atoms with E-state index in [0.717, 1.165) is 23.0 Å². The van der Waals surface area contributed by atoms with E-state index in [4.69, 9.17) is 9.94 Å². The first-order valence-corrected chi connectivity index (χ1v) is 5.60. The molecule has 20 heavy (non-hydrogen) atoms. The number of aliphatic hydroxyl groups excluding tert-OH is 3. The Kier molecular flexibility index (Phi) is 3.72. The molecule has 1 fully saturated rings. The second-order valence-electron chi connectivity index (χ2n) is 4.32. The average Bonchev–Trinajstić information content (AvgIpc) is 2.65. The monoisotopic (exact) mass is 287 g/mol. The molecule has 110 valence electrons. The van der Waals surface area contributed by atoms with E-state index in [1.165, 1.54) is 0 Å². The van der Waals surface area contributed by atoms with Crippen molar-refractivity contribution in [2.45, 2.75) is 24.0 Å².